The van der Waals surface area contributed by atoms with Crippen molar-refractivity contribution in [2.45, 2.75) is 5.92 Å². The Hall–Kier alpha value is -2.81. The van der Waals surface area contributed by atoms with E-state index in [4.69, 9.17) is 0 Å². The van der Waals surface area contributed by atoms with Crippen LogP contribution in [0.5, 0.6) is 0 Å². The first-order valence-electron chi connectivity index (χ1n) is 6.96. The number of dihydropyridines is 2. The molecule has 0 aromatic carbocycles. The number of allylic oxidation sites excluding steroid dienone is 8. The van der Waals surface area contributed by atoms with Crippen molar-refractivity contribution in [3.05, 3.63) is 102 Å². The Labute approximate surface area is 124 Å². The Kier molecular flexibility index (Phi) is 4.12. The molecule has 0 unspecified atom stereocenters. The molecule has 3 rings (SSSR count). The van der Waals surface area contributed by atoms with Crippen LogP contribution < -0.4 is 10.6 Å². The molecule has 2 aliphatic rings. The quantitative estimate of drug-likeness (QED) is 0.889. The Morgan fingerprint density at radius 2 is 1.52 bits per heavy atom. The third kappa shape index (κ3) is 3.60. The molecule has 0 saturated heterocycles. The monoisotopic (exact) mass is 275 g/mol. The van der Waals surface area contributed by atoms with E-state index in [1.54, 1.807) is 0 Å². The highest BCUT2D eigenvalue weighted by Crippen LogP contribution is 2.21. The molecule has 104 valence electrons. The van der Waals surface area contributed by atoms with E-state index >= 15 is 0 Å². The first-order valence-corrected chi connectivity index (χ1v) is 6.96. The van der Waals surface area contributed by atoms with Crippen LogP contribution in [0.1, 0.15) is 11.6 Å². The molecule has 21 heavy (non-hydrogen) atoms. The van der Waals surface area contributed by atoms with Crippen molar-refractivity contribution >= 4 is 0 Å². The van der Waals surface area contributed by atoms with Crippen molar-refractivity contribution in [1.82, 2.24) is 15.6 Å². The highest BCUT2D eigenvalue weighted by molar-refractivity contribution is 5.36. The summed E-state index contributed by atoms with van der Waals surface area (Å²) < 4.78 is 0. The van der Waals surface area contributed by atoms with Gasteiger partial charge in [-0.1, -0.05) is 18.2 Å². The van der Waals surface area contributed by atoms with Gasteiger partial charge in [0, 0.05) is 35.9 Å². The second kappa shape index (κ2) is 6.57. The average Bonchev–Trinajstić information content (AvgIpc) is 2.57. The highest BCUT2D eigenvalue weighted by atomic mass is 14.9. The zero-order valence-electron chi connectivity index (χ0n) is 11.6. The number of hydrogen-bond acceptors (Lipinski definition) is 3. The summed E-state index contributed by atoms with van der Waals surface area (Å²) in [5.41, 5.74) is 3.16. The first-order chi connectivity index (χ1) is 10.4. The summed E-state index contributed by atoms with van der Waals surface area (Å²) >= 11 is 0. The Balaban J connectivity index is 1.91. The zero-order valence-corrected chi connectivity index (χ0v) is 11.6. The molecule has 0 fully saturated rings. The molecule has 2 N–H and O–H groups in total. The fourth-order valence-corrected chi connectivity index (χ4v) is 2.20. The predicted molar refractivity (Wildman–Crippen MR) is 86.0 cm³/mol. The summed E-state index contributed by atoms with van der Waals surface area (Å²) in [4.78, 5) is 4.48. The van der Waals surface area contributed by atoms with E-state index in [9.17, 15) is 0 Å². The van der Waals surface area contributed by atoms with Crippen LogP contribution in [-0.4, -0.2) is 4.98 Å². The molecule has 3 nitrogen and oxygen atoms in total. The SMILES string of the molecule is C1=CN/C(=C/C(/C=C2\C=CC=CN2)c2ccccn2)C=C1. The number of hydrogen-bond donors (Lipinski definition) is 2. The molecule has 0 spiro atoms. The number of pyridine rings is 1. The minimum atomic E-state index is 0.100. The van der Waals surface area contributed by atoms with E-state index in [0.29, 0.717) is 0 Å². The van der Waals surface area contributed by atoms with Crippen LogP contribution in [0, 0.1) is 0 Å². The Morgan fingerprint density at radius 1 is 0.857 bits per heavy atom. The lowest BCUT2D eigenvalue weighted by Gasteiger charge is -2.14. The van der Waals surface area contributed by atoms with Gasteiger partial charge in [-0.15, -0.1) is 0 Å². The van der Waals surface area contributed by atoms with Gasteiger partial charge in [0.2, 0.25) is 0 Å². The first kappa shape index (κ1) is 13.2. The predicted octanol–water partition coefficient (Wildman–Crippen LogP) is 3.28. The largest absolute Gasteiger partial charge is 0.362 e. The van der Waals surface area contributed by atoms with E-state index in [0.717, 1.165) is 17.1 Å². The Bertz CT molecular complexity index is 621. The van der Waals surface area contributed by atoms with Gasteiger partial charge in [0.1, 0.15) is 0 Å². The van der Waals surface area contributed by atoms with Crippen LogP contribution in [0.25, 0.3) is 0 Å². The zero-order chi connectivity index (χ0) is 14.3. The maximum atomic E-state index is 4.48. The van der Waals surface area contributed by atoms with Crippen molar-refractivity contribution in [1.29, 1.82) is 0 Å². The van der Waals surface area contributed by atoms with Crippen LogP contribution in [0.4, 0.5) is 0 Å². The maximum absolute atomic E-state index is 4.48. The van der Waals surface area contributed by atoms with Gasteiger partial charge >= 0.3 is 0 Å². The second-order valence-corrected chi connectivity index (χ2v) is 4.75. The van der Waals surface area contributed by atoms with Gasteiger partial charge in [-0.25, -0.2) is 0 Å². The highest BCUT2D eigenvalue weighted by Gasteiger charge is 2.09. The third-order valence-corrected chi connectivity index (χ3v) is 3.21. The molecule has 1 aromatic rings. The lowest BCUT2D eigenvalue weighted by molar-refractivity contribution is 0.935. The fourth-order valence-electron chi connectivity index (χ4n) is 2.20. The average molecular weight is 275 g/mol. The summed E-state index contributed by atoms with van der Waals surface area (Å²) in [6.45, 7) is 0. The van der Waals surface area contributed by atoms with Crippen LogP contribution in [0.3, 0.4) is 0 Å². The molecule has 0 atom stereocenters. The molecule has 2 aliphatic heterocycles. The number of aromatic nitrogens is 1. The normalized spacial score (nSPS) is 21.3. The van der Waals surface area contributed by atoms with Gasteiger partial charge in [0.15, 0.2) is 0 Å². The van der Waals surface area contributed by atoms with Gasteiger partial charge in [-0.2, -0.15) is 0 Å². The fraction of sp³-hybridized carbons (Fsp3) is 0.0556. The van der Waals surface area contributed by atoms with Crippen LogP contribution >= 0.6 is 0 Å². The van der Waals surface area contributed by atoms with Crippen LogP contribution in [0.2, 0.25) is 0 Å². The van der Waals surface area contributed by atoms with Crippen molar-refractivity contribution in [3.63, 3.8) is 0 Å². The lowest BCUT2D eigenvalue weighted by atomic mass is 10.0. The summed E-state index contributed by atoms with van der Waals surface area (Å²) in [7, 11) is 0. The summed E-state index contributed by atoms with van der Waals surface area (Å²) in [5, 5.41) is 6.48. The van der Waals surface area contributed by atoms with Gasteiger partial charge in [0.25, 0.3) is 0 Å². The summed E-state index contributed by atoms with van der Waals surface area (Å²) in [5.74, 6) is 0.100. The molecule has 1 aromatic heterocycles. The number of nitrogens with zero attached hydrogens (tertiary/aromatic N) is 1. The number of nitrogens with one attached hydrogen (secondary N) is 2. The van der Waals surface area contributed by atoms with Crippen molar-refractivity contribution < 1.29 is 0 Å². The Morgan fingerprint density at radius 3 is 2.00 bits per heavy atom. The standard InChI is InChI=1S/C18H17N3/c1-4-10-19-16(7-1)13-15(18-9-3-6-12-21-18)14-17-8-2-5-11-20-17/h1-15,19-20H/b16-13+,17-14+. The summed E-state index contributed by atoms with van der Waals surface area (Å²) in [6, 6.07) is 5.99. The molecule has 0 bridgehead atoms. The van der Waals surface area contributed by atoms with Crippen molar-refractivity contribution in [3.8, 4) is 0 Å². The van der Waals surface area contributed by atoms with Crippen molar-refractivity contribution in [2.75, 3.05) is 0 Å². The topological polar surface area (TPSA) is 37.0 Å². The van der Waals surface area contributed by atoms with Crippen molar-refractivity contribution in [2.24, 2.45) is 0 Å². The van der Waals surface area contributed by atoms with E-state index in [1.165, 1.54) is 0 Å². The number of rotatable bonds is 3. The van der Waals surface area contributed by atoms with Gasteiger partial charge in [-0.3, -0.25) is 4.98 Å². The summed E-state index contributed by atoms with van der Waals surface area (Å²) in [6.07, 6.45) is 22.1. The van der Waals surface area contributed by atoms with E-state index in [2.05, 4.69) is 39.9 Å². The maximum Gasteiger partial charge on any atom is 0.0511 e. The van der Waals surface area contributed by atoms with E-state index in [1.807, 2.05) is 61.1 Å². The van der Waals surface area contributed by atoms with Gasteiger partial charge < -0.3 is 10.6 Å². The lowest BCUT2D eigenvalue weighted by Crippen LogP contribution is -2.10. The molecule has 0 saturated carbocycles. The van der Waals surface area contributed by atoms with Gasteiger partial charge in [0.05, 0.1) is 5.69 Å². The van der Waals surface area contributed by atoms with E-state index < -0.39 is 0 Å². The molecule has 0 radical (unpaired) electrons. The molecular weight excluding hydrogens is 258 g/mol. The molecule has 3 heterocycles. The molecular formula is C18H17N3. The molecule has 0 aliphatic carbocycles. The van der Waals surface area contributed by atoms with Crippen LogP contribution in [0.15, 0.2) is 96.8 Å². The van der Waals surface area contributed by atoms with E-state index in [-0.39, 0.29) is 5.92 Å². The smallest absolute Gasteiger partial charge is 0.0511 e. The minimum Gasteiger partial charge on any atom is -0.362 e. The van der Waals surface area contributed by atoms with Crippen LogP contribution in [-0.2, 0) is 0 Å². The molecule has 3 heteroatoms. The molecule has 0 amide bonds. The second-order valence-electron chi connectivity index (χ2n) is 4.75. The minimum absolute atomic E-state index is 0.100. The van der Waals surface area contributed by atoms with Gasteiger partial charge in [-0.05, 0) is 48.6 Å². The third-order valence-electron chi connectivity index (χ3n) is 3.21.